The first-order valence-electron chi connectivity index (χ1n) is 8.65. The number of ether oxygens (including phenoxy) is 5. The molecule has 1 fully saturated rings. The van der Waals surface area contributed by atoms with E-state index in [0.29, 0.717) is 0 Å². The summed E-state index contributed by atoms with van der Waals surface area (Å²) in [7, 11) is 0. The summed E-state index contributed by atoms with van der Waals surface area (Å²) in [6.07, 6.45) is -4.90. The smallest absolute Gasteiger partial charge is 0.304 e. The molecule has 0 aromatic heterocycles. The van der Waals surface area contributed by atoms with Crippen LogP contribution in [0.15, 0.2) is 0 Å². The average molecular weight is 436 g/mol. The first kappa shape index (κ1) is 24.7. The van der Waals surface area contributed by atoms with Gasteiger partial charge in [0.2, 0.25) is 0 Å². The third-order valence-electron chi connectivity index (χ3n) is 3.55. The fraction of sp³-hybridized carbons (Fsp3) is 0.706. The van der Waals surface area contributed by atoms with Gasteiger partial charge in [-0.1, -0.05) is 0 Å². The summed E-state index contributed by atoms with van der Waals surface area (Å²) in [5, 5.41) is 8.84. The van der Waals surface area contributed by atoms with E-state index in [9.17, 15) is 24.0 Å². The van der Waals surface area contributed by atoms with Crippen molar-refractivity contribution in [3.05, 3.63) is 0 Å². The third kappa shape index (κ3) is 8.69. The largest absolute Gasteiger partial charge is 0.481 e. The number of hydrogen-bond acceptors (Lipinski definition) is 11. The number of carbonyl (C=O) groups is 5. The molecule has 1 N–H and O–H groups in total. The van der Waals surface area contributed by atoms with Gasteiger partial charge in [-0.3, -0.25) is 24.0 Å². The van der Waals surface area contributed by atoms with Crippen molar-refractivity contribution >= 4 is 41.6 Å². The van der Waals surface area contributed by atoms with E-state index in [1.807, 2.05) is 0 Å². The molecule has 1 rings (SSSR count). The fourth-order valence-electron chi connectivity index (χ4n) is 2.59. The molecule has 1 saturated heterocycles. The normalized spacial score (nSPS) is 26.1. The molecule has 5 atom stereocenters. The Bertz CT molecular complexity index is 635. The molecular weight excluding hydrogens is 412 g/mol. The number of esters is 4. The van der Waals surface area contributed by atoms with E-state index in [4.69, 9.17) is 28.8 Å². The topological polar surface area (TPSA) is 152 Å². The number of aliphatic carboxylic acids is 1. The molecular formula is C17H24O11S. The molecule has 0 bridgehead atoms. The van der Waals surface area contributed by atoms with Gasteiger partial charge < -0.3 is 28.8 Å². The number of carboxylic acids is 1. The van der Waals surface area contributed by atoms with Crippen molar-refractivity contribution in [2.24, 2.45) is 0 Å². The lowest BCUT2D eigenvalue weighted by Crippen LogP contribution is -2.61. The summed E-state index contributed by atoms with van der Waals surface area (Å²) in [4.78, 5) is 56.8. The van der Waals surface area contributed by atoms with Crippen LogP contribution in [-0.4, -0.2) is 77.2 Å². The Labute approximate surface area is 171 Å². The van der Waals surface area contributed by atoms with Gasteiger partial charge in [-0.05, 0) is 0 Å². The standard InChI is InChI=1S/C17H24O11S/c1-8(18)24-7-12-14(25-9(2)19)15(26-10(3)20)16(27-11(4)21)17(28-12)29-6-5-13(22)23/h12,14-17H,5-7H2,1-4H3,(H,22,23)/t12-,14-,15+,16+,17-/m1/s1. The van der Waals surface area contributed by atoms with E-state index < -0.39 is 59.7 Å². The maximum Gasteiger partial charge on any atom is 0.304 e. The Morgan fingerprint density at radius 3 is 1.83 bits per heavy atom. The van der Waals surface area contributed by atoms with Crippen LogP contribution in [-0.2, 0) is 47.7 Å². The highest BCUT2D eigenvalue weighted by molar-refractivity contribution is 7.99. The van der Waals surface area contributed by atoms with Gasteiger partial charge in [0.1, 0.15) is 18.1 Å². The first-order chi connectivity index (χ1) is 13.5. The van der Waals surface area contributed by atoms with Gasteiger partial charge in [0.15, 0.2) is 18.3 Å². The summed E-state index contributed by atoms with van der Waals surface area (Å²) in [6.45, 7) is 4.23. The zero-order valence-corrected chi connectivity index (χ0v) is 17.3. The maximum absolute atomic E-state index is 11.6. The van der Waals surface area contributed by atoms with Crippen molar-refractivity contribution in [2.45, 2.75) is 64.0 Å². The minimum atomic E-state index is -1.25. The molecule has 12 heteroatoms. The minimum absolute atomic E-state index is 0.100. The number of carboxylic acid groups (broad SMARTS) is 1. The Morgan fingerprint density at radius 1 is 0.828 bits per heavy atom. The monoisotopic (exact) mass is 436 g/mol. The van der Waals surface area contributed by atoms with Crippen LogP contribution in [0.3, 0.4) is 0 Å². The van der Waals surface area contributed by atoms with Crippen LogP contribution in [0.25, 0.3) is 0 Å². The first-order valence-corrected chi connectivity index (χ1v) is 9.70. The highest BCUT2D eigenvalue weighted by Crippen LogP contribution is 2.34. The van der Waals surface area contributed by atoms with E-state index in [1.165, 1.54) is 6.92 Å². The maximum atomic E-state index is 11.6. The summed E-state index contributed by atoms with van der Waals surface area (Å²) in [5.41, 5.74) is -0.963. The number of carbonyl (C=O) groups excluding carboxylic acids is 4. The molecule has 0 radical (unpaired) electrons. The molecule has 29 heavy (non-hydrogen) atoms. The summed E-state index contributed by atoms with van der Waals surface area (Å²) in [6, 6.07) is 0. The second-order valence-electron chi connectivity index (χ2n) is 6.08. The predicted molar refractivity (Wildman–Crippen MR) is 96.7 cm³/mol. The molecule has 164 valence electrons. The van der Waals surface area contributed by atoms with Gasteiger partial charge in [0, 0.05) is 33.4 Å². The minimum Gasteiger partial charge on any atom is -0.481 e. The van der Waals surface area contributed by atoms with Crippen LogP contribution in [0.4, 0.5) is 0 Å². The summed E-state index contributed by atoms with van der Waals surface area (Å²) < 4.78 is 26.5. The number of rotatable bonds is 9. The van der Waals surface area contributed by atoms with Crippen molar-refractivity contribution in [1.29, 1.82) is 0 Å². The van der Waals surface area contributed by atoms with E-state index >= 15 is 0 Å². The predicted octanol–water partition coefficient (Wildman–Crippen LogP) is 0.277. The van der Waals surface area contributed by atoms with Gasteiger partial charge in [-0.25, -0.2) is 0 Å². The fourth-order valence-corrected chi connectivity index (χ4v) is 3.73. The average Bonchev–Trinajstić information content (AvgIpc) is 2.56. The van der Waals surface area contributed by atoms with Gasteiger partial charge in [0.25, 0.3) is 0 Å². The zero-order chi connectivity index (χ0) is 22.1. The molecule has 11 nitrogen and oxygen atoms in total. The highest BCUT2D eigenvalue weighted by Gasteiger charge is 2.52. The third-order valence-corrected chi connectivity index (χ3v) is 4.69. The molecule has 1 aliphatic heterocycles. The van der Waals surface area contributed by atoms with E-state index in [0.717, 1.165) is 32.5 Å². The molecule has 0 aliphatic carbocycles. The van der Waals surface area contributed by atoms with E-state index in [1.54, 1.807) is 0 Å². The molecule has 0 saturated carbocycles. The van der Waals surface area contributed by atoms with Crippen molar-refractivity contribution < 1.29 is 52.8 Å². The van der Waals surface area contributed by atoms with Crippen molar-refractivity contribution in [1.82, 2.24) is 0 Å². The van der Waals surface area contributed by atoms with E-state index in [2.05, 4.69) is 0 Å². The Balaban J connectivity index is 3.22. The highest BCUT2D eigenvalue weighted by atomic mass is 32.2. The Morgan fingerprint density at radius 2 is 1.34 bits per heavy atom. The molecule has 0 aromatic rings. The van der Waals surface area contributed by atoms with Crippen molar-refractivity contribution in [3.63, 3.8) is 0 Å². The lowest BCUT2D eigenvalue weighted by atomic mass is 9.99. The van der Waals surface area contributed by atoms with Crippen LogP contribution in [0.2, 0.25) is 0 Å². The van der Waals surface area contributed by atoms with Crippen LogP contribution < -0.4 is 0 Å². The van der Waals surface area contributed by atoms with Crippen molar-refractivity contribution in [2.75, 3.05) is 12.4 Å². The molecule has 0 amide bonds. The van der Waals surface area contributed by atoms with Gasteiger partial charge in [-0.15, -0.1) is 11.8 Å². The van der Waals surface area contributed by atoms with Crippen molar-refractivity contribution in [3.8, 4) is 0 Å². The summed E-state index contributed by atoms with van der Waals surface area (Å²) in [5.74, 6) is -3.71. The Kier molecular flexibility index (Phi) is 9.89. The lowest BCUT2D eigenvalue weighted by molar-refractivity contribution is -0.237. The number of thioether (sulfide) groups is 1. The second-order valence-corrected chi connectivity index (χ2v) is 7.29. The quantitative estimate of drug-likeness (QED) is 0.390. The van der Waals surface area contributed by atoms with Crippen LogP contribution in [0, 0.1) is 0 Å². The van der Waals surface area contributed by atoms with Crippen LogP contribution in [0.5, 0.6) is 0 Å². The SMILES string of the molecule is CC(=O)OC[C@H]1O[C@H](SCCC(=O)O)[C@@H](OC(C)=O)[C@@H](OC(C)=O)[C@@H]1OC(C)=O. The van der Waals surface area contributed by atoms with Gasteiger partial charge in [-0.2, -0.15) is 0 Å². The summed E-state index contributed by atoms with van der Waals surface area (Å²) >= 11 is 1.01. The molecule has 1 heterocycles. The van der Waals surface area contributed by atoms with Crippen LogP contribution >= 0.6 is 11.8 Å². The Hall–Kier alpha value is -2.34. The van der Waals surface area contributed by atoms with Gasteiger partial charge >= 0.3 is 29.8 Å². The number of hydrogen-bond donors (Lipinski definition) is 1. The molecule has 0 aromatic carbocycles. The lowest BCUT2D eigenvalue weighted by Gasteiger charge is -2.44. The zero-order valence-electron chi connectivity index (χ0n) is 16.4. The molecule has 0 spiro atoms. The van der Waals surface area contributed by atoms with Gasteiger partial charge in [0.05, 0.1) is 6.42 Å². The van der Waals surface area contributed by atoms with E-state index in [-0.39, 0.29) is 18.8 Å². The molecule has 1 aliphatic rings. The van der Waals surface area contributed by atoms with Crippen LogP contribution in [0.1, 0.15) is 34.1 Å². The molecule has 0 unspecified atom stereocenters. The second kappa shape index (κ2) is 11.6.